The van der Waals surface area contributed by atoms with Crippen molar-refractivity contribution in [3.05, 3.63) is 29.3 Å². The molecule has 1 aliphatic rings. The molecular formula is C18H29N3O2S. The third-order valence-electron chi connectivity index (χ3n) is 4.08. The number of thioether (sulfide) groups is 1. The second-order valence-corrected chi connectivity index (χ2v) is 7.32. The van der Waals surface area contributed by atoms with Crippen LogP contribution in [0.4, 0.5) is 0 Å². The van der Waals surface area contributed by atoms with Crippen molar-refractivity contribution >= 4 is 17.7 Å². The summed E-state index contributed by atoms with van der Waals surface area (Å²) in [5.74, 6) is 3.47. The van der Waals surface area contributed by atoms with Gasteiger partial charge in [0.2, 0.25) is 0 Å². The van der Waals surface area contributed by atoms with E-state index in [0.29, 0.717) is 6.54 Å². The summed E-state index contributed by atoms with van der Waals surface area (Å²) >= 11 is 1.79. The average Bonchev–Trinajstić information content (AvgIpc) is 3.00. The summed E-state index contributed by atoms with van der Waals surface area (Å²) in [5, 5.41) is 17.0. The Morgan fingerprint density at radius 3 is 2.92 bits per heavy atom. The fourth-order valence-corrected chi connectivity index (χ4v) is 3.99. The Kier molecular flexibility index (Phi) is 7.24. The number of methoxy groups -OCH3 is 1. The summed E-state index contributed by atoms with van der Waals surface area (Å²) < 4.78 is 5.42. The van der Waals surface area contributed by atoms with Gasteiger partial charge in [-0.25, -0.2) is 0 Å². The first-order chi connectivity index (χ1) is 11.6. The zero-order chi connectivity index (χ0) is 17.4. The van der Waals surface area contributed by atoms with E-state index < -0.39 is 5.60 Å². The smallest absolute Gasteiger partial charge is 0.191 e. The topological polar surface area (TPSA) is 65.9 Å². The highest BCUT2D eigenvalue weighted by atomic mass is 32.2. The molecule has 0 aromatic heterocycles. The maximum Gasteiger partial charge on any atom is 0.191 e. The van der Waals surface area contributed by atoms with Gasteiger partial charge in [0.05, 0.1) is 19.3 Å². The molecule has 134 valence electrons. The predicted molar refractivity (Wildman–Crippen MR) is 102 cm³/mol. The van der Waals surface area contributed by atoms with E-state index in [4.69, 9.17) is 4.74 Å². The molecule has 0 aliphatic carbocycles. The van der Waals surface area contributed by atoms with E-state index in [1.54, 1.807) is 18.9 Å². The van der Waals surface area contributed by atoms with Crippen molar-refractivity contribution in [1.29, 1.82) is 0 Å². The highest BCUT2D eigenvalue weighted by molar-refractivity contribution is 7.99. The van der Waals surface area contributed by atoms with Gasteiger partial charge in [-0.3, -0.25) is 4.99 Å². The highest BCUT2D eigenvalue weighted by Crippen LogP contribution is 2.27. The van der Waals surface area contributed by atoms with Crippen LogP contribution in [-0.2, 0) is 6.42 Å². The van der Waals surface area contributed by atoms with Gasteiger partial charge in [0.15, 0.2) is 5.96 Å². The summed E-state index contributed by atoms with van der Waals surface area (Å²) in [6.45, 7) is 6.14. The number of nitrogens with one attached hydrogen (secondary N) is 2. The summed E-state index contributed by atoms with van der Waals surface area (Å²) in [7, 11) is 1.70. The number of hydrogen-bond acceptors (Lipinski definition) is 4. The lowest BCUT2D eigenvalue weighted by Crippen LogP contribution is -2.40. The molecule has 1 aromatic carbocycles. The maximum atomic E-state index is 10.4. The van der Waals surface area contributed by atoms with Gasteiger partial charge < -0.3 is 20.5 Å². The third kappa shape index (κ3) is 5.60. The maximum absolute atomic E-state index is 10.4. The first-order valence-corrected chi connectivity index (χ1v) is 9.67. The first-order valence-electron chi connectivity index (χ1n) is 8.52. The number of nitrogens with zero attached hydrogens (tertiary/aromatic N) is 1. The van der Waals surface area contributed by atoms with Crippen molar-refractivity contribution in [2.75, 3.05) is 38.2 Å². The van der Waals surface area contributed by atoms with Gasteiger partial charge in [-0.05, 0) is 44.1 Å². The molecule has 0 bridgehead atoms. The Bertz CT molecular complexity index is 557. The van der Waals surface area contributed by atoms with E-state index in [2.05, 4.69) is 34.7 Å². The zero-order valence-electron chi connectivity index (χ0n) is 14.9. The molecule has 0 saturated carbocycles. The van der Waals surface area contributed by atoms with Gasteiger partial charge in [-0.15, -0.1) is 0 Å². The van der Waals surface area contributed by atoms with Crippen molar-refractivity contribution in [3.8, 4) is 5.75 Å². The van der Waals surface area contributed by atoms with Crippen molar-refractivity contribution in [2.45, 2.75) is 32.3 Å². The largest absolute Gasteiger partial charge is 0.496 e. The number of rotatable bonds is 7. The molecule has 0 spiro atoms. The Hall–Kier alpha value is -1.40. The monoisotopic (exact) mass is 351 g/mol. The molecule has 1 unspecified atom stereocenters. The van der Waals surface area contributed by atoms with Gasteiger partial charge >= 0.3 is 0 Å². The minimum Gasteiger partial charge on any atom is -0.496 e. The lowest BCUT2D eigenvalue weighted by molar-refractivity contribution is 0.0778. The lowest BCUT2D eigenvalue weighted by atomic mass is 10.0. The number of hydrogen-bond donors (Lipinski definition) is 3. The van der Waals surface area contributed by atoms with Gasteiger partial charge in [0.25, 0.3) is 0 Å². The summed E-state index contributed by atoms with van der Waals surface area (Å²) in [4.78, 5) is 4.56. The molecule has 1 atom stereocenters. The van der Waals surface area contributed by atoms with E-state index in [9.17, 15) is 5.11 Å². The number of ether oxygens (including phenoxy) is 1. The second-order valence-electron chi connectivity index (χ2n) is 6.21. The fraction of sp³-hybridized carbons (Fsp3) is 0.611. The number of aliphatic hydroxyl groups is 1. The van der Waals surface area contributed by atoms with Crippen molar-refractivity contribution < 1.29 is 9.84 Å². The molecule has 24 heavy (non-hydrogen) atoms. The van der Waals surface area contributed by atoms with Gasteiger partial charge in [-0.2, -0.15) is 11.8 Å². The molecule has 0 amide bonds. The van der Waals surface area contributed by atoms with Crippen molar-refractivity contribution in [3.63, 3.8) is 0 Å². The predicted octanol–water partition coefficient (Wildman–Crippen LogP) is 1.97. The van der Waals surface area contributed by atoms with Gasteiger partial charge in [0, 0.05) is 18.8 Å². The second kappa shape index (κ2) is 9.18. The van der Waals surface area contributed by atoms with E-state index >= 15 is 0 Å². The Balaban J connectivity index is 1.90. The van der Waals surface area contributed by atoms with E-state index in [1.807, 2.05) is 13.0 Å². The third-order valence-corrected chi connectivity index (χ3v) is 5.32. The van der Waals surface area contributed by atoms with Crippen LogP contribution in [0.15, 0.2) is 23.2 Å². The quantitative estimate of drug-likeness (QED) is 0.518. The molecule has 2 rings (SSSR count). The molecule has 1 aromatic rings. The number of aryl methyl sites for hydroxylation is 1. The van der Waals surface area contributed by atoms with Crippen molar-refractivity contribution in [1.82, 2.24) is 10.6 Å². The van der Waals surface area contributed by atoms with E-state index in [0.717, 1.165) is 49.1 Å². The van der Waals surface area contributed by atoms with Crippen LogP contribution in [0.2, 0.25) is 0 Å². The molecule has 1 fully saturated rings. The standard InChI is InChI=1S/C18H29N3O2S/c1-4-19-17(21-12-18(22)8-10-24-13-18)20-9-7-15-11-14(2)5-6-16(15)23-3/h5-6,11,22H,4,7-10,12-13H2,1-3H3,(H2,19,20,21). The molecule has 0 radical (unpaired) electrons. The molecular weight excluding hydrogens is 322 g/mol. The molecule has 5 nitrogen and oxygen atoms in total. The lowest BCUT2D eigenvalue weighted by Gasteiger charge is -2.20. The number of benzene rings is 1. The summed E-state index contributed by atoms with van der Waals surface area (Å²) in [5.41, 5.74) is 1.77. The van der Waals surface area contributed by atoms with Crippen LogP contribution in [-0.4, -0.2) is 54.9 Å². The van der Waals surface area contributed by atoms with Gasteiger partial charge in [0.1, 0.15) is 5.75 Å². The highest BCUT2D eigenvalue weighted by Gasteiger charge is 2.31. The minimum absolute atomic E-state index is 0.448. The minimum atomic E-state index is -0.646. The molecule has 1 aliphatic heterocycles. The Morgan fingerprint density at radius 1 is 1.42 bits per heavy atom. The fourth-order valence-electron chi connectivity index (χ4n) is 2.71. The summed E-state index contributed by atoms with van der Waals surface area (Å²) in [6, 6.07) is 6.22. The van der Waals surface area contributed by atoms with Crippen LogP contribution < -0.4 is 15.4 Å². The Morgan fingerprint density at radius 2 is 2.25 bits per heavy atom. The van der Waals surface area contributed by atoms with Crippen LogP contribution in [0, 0.1) is 6.92 Å². The van der Waals surface area contributed by atoms with Crippen LogP contribution in [0.3, 0.4) is 0 Å². The van der Waals surface area contributed by atoms with Crippen LogP contribution in [0.1, 0.15) is 24.5 Å². The van der Waals surface area contributed by atoms with Crippen LogP contribution in [0.25, 0.3) is 0 Å². The van der Waals surface area contributed by atoms with Crippen LogP contribution in [0.5, 0.6) is 5.75 Å². The van der Waals surface area contributed by atoms with Crippen molar-refractivity contribution in [2.24, 2.45) is 4.99 Å². The van der Waals surface area contributed by atoms with E-state index in [-0.39, 0.29) is 0 Å². The zero-order valence-corrected chi connectivity index (χ0v) is 15.7. The first kappa shape index (κ1) is 18.9. The molecule has 6 heteroatoms. The number of aliphatic imine (C=N–C) groups is 1. The normalized spacial score (nSPS) is 20.9. The molecule has 1 heterocycles. The Labute approximate surface area is 149 Å². The number of guanidine groups is 1. The summed E-state index contributed by atoms with van der Waals surface area (Å²) in [6.07, 6.45) is 1.68. The van der Waals surface area contributed by atoms with Gasteiger partial charge in [-0.1, -0.05) is 17.7 Å². The SMILES string of the molecule is CCNC(=NCC1(O)CCSC1)NCCc1cc(C)ccc1OC. The van der Waals surface area contributed by atoms with Crippen LogP contribution >= 0.6 is 11.8 Å². The molecule has 3 N–H and O–H groups in total. The average molecular weight is 352 g/mol. The van der Waals surface area contributed by atoms with E-state index in [1.165, 1.54) is 11.1 Å². The molecule has 1 saturated heterocycles.